The first-order valence-corrected chi connectivity index (χ1v) is 7.84. The van der Waals surface area contributed by atoms with Crippen molar-refractivity contribution in [2.45, 2.75) is 38.3 Å². The molecule has 0 radical (unpaired) electrons. The number of hydrogen-bond donors (Lipinski definition) is 2. The summed E-state index contributed by atoms with van der Waals surface area (Å²) in [5, 5.41) is 3.37. The first kappa shape index (κ1) is 14.2. The van der Waals surface area contributed by atoms with Crippen LogP contribution in [0.1, 0.15) is 31.5 Å². The van der Waals surface area contributed by atoms with Crippen molar-refractivity contribution in [3.8, 4) is 0 Å². The summed E-state index contributed by atoms with van der Waals surface area (Å²) in [5.41, 5.74) is 0. The Morgan fingerprint density at radius 1 is 1.42 bits per heavy atom. The Bertz CT molecular complexity index is 544. The summed E-state index contributed by atoms with van der Waals surface area (Å²) in [6, 6.07) is 0. The van der Waals surface area contributed by atoms with Crippen LogP contribution in [0.25, 0.3) is 0 Å². The van der Waals surface area contributed by atoms with Crippen LogP contribution in [-0.2, 0) is 21.3 Å². The van der Waals surface area contributed by atoms with Gasteiger partial charge in [-0.25, -0.2) is 17.9 Å². The maximum absolute atomic E-state index is 11.7. The minimum atomic E-state index is -3.40. The predicted octanol–water partition coefficient (Wildman–Crippen LogP) is -0.258. The number of nitrogens with one attached hydrogen (secondary N) is 2. The molecule has 1 unspecified atom stereocenters. The van der Waals surface area contributed by atoms with Gasteiger partial charge in [-0.3, -0.25) is 9.51 Å². The highest BCUT2D eigenvalue weighted by molar-refractivity contribution is 7.89. The van der Waals surface area contributed by atoms with Crippen molar-refractivity contribution < 1.29 is 17.7 Å². The van der Waals surface area contributed by atoms with E-state index in [-0.39, 0.29) is 24.2 Å². The highest BCUT2D eigenvalue weighted by Crippen LogP contribution is 2.15. The number of aromatic nitrogens is 2. The van der Waals surface area contributed by atoms with Crippen LogP contribution in [0.3, 0.4) is 0 Å². The van der Waals surface area contributed by atoms with Gasteiger partial charge in [0.1, 0.15) is 0 Å². The zero-order valence-corrected chi connectivity index (χ0v) is 11.2. The number of sulfonamides is 1. The number of ether oxygens (including phenoxy) is 1. The Morgan fingerprint density at radius 2 is 2.26 bits per heavy atom. The maximum atomic E-state index is 11.7. The van der Waals surface area contributed by atoms with Crippen LogP contribution in [-0.4, -0.2) is 37.0 Å². The van der Waals surface area contributed by atoms with Crippen molar-refractivity contribution in [1.82, 2.24) is 14.9 Å². The van der Waals surface area contributed by atoms with E-state index >= 15 is 0 Å². The summed E-state index contributed by atoms with van der Waals surface area (Å²) in [7, 11) is -3.40. The number of hydrogen-bond acceptors (Lipinski definition) is 6. The number of aromatic amines is 1. The molecule has 1 aliphatic heterocycles. The second-order valence-electron chi connectivity index (χ2n) is 4.46. The molecular formula is C10H17N3O5S. The molecule has 1 aliphatic rings. The standard InChI is InChI=1S/C10H17N3O5S/c14-10-12-9(13-18-10)7-11-19(15,16)6-4-8-3-1-2-5-17-8/h8,11H,1-7H2,(H,12,13,14). The third kappa shape index (κ3) is 4.77. The third-order valence-corrected chi connectivity index (χ3v) is 4.28. The van der Waals surface area contributed by atoms with Crippen molar-refractivity contribution in [2.24, 2.45) is 0 Å². The maximum Gasteiger partial charge on any atom is 0.438 e. The first-order chi connectivity index (χ1) is 9.05. The quantitative estimate of drug-likeness (QED) is 0.746. The zero-order valence-electron chi connectivity index (χ0n) is 10.4. The molecule has 2 rings (SSSR count). The van der Waals surface area contributed by atoms with Gasteiger partial charge in [0.05, 0.1) is 18.4 Å². The third-order valence-electron chi connectivity index (χ3n) is 2.93. The van der Waals surface area contributed by atoms with Crippen molar-refractivity contribution in [1.29, 1.82) is 0 Å². The molecule has 9 heteroatoms. The fourth-order valence-electron chi connectivity index (χ4n) is 1.91. The largest absolute Gasteiger partial charge is 0.438 e. The van der Waals surface area contributed by atoms with E-state index in [1.165, 1.54) is 0 Å². The van der Waals surface area contributed by atoms with Crippen molar-refractivity contribution in [3.05, 3.63) is 16.4 Å². The highest BCUT2D eigenvalue weighted by atomic mass is 32.2. The predicted molar refractivity (Wildman–Crippen MR) is 66.0 cm³/mol. The molecule has 1 saturated heterocycles. The van der Waals surface area contributed by atoms with Crippen LogP contribution in [0.15, 0.2) is 9.32 Å². The summed E-state index contributed by atoms with van der Waals surface area (Å²) in [5.74, 6) is -0.549. The molecule has 2 N–H and O–H groups in total. The lowest BCUT2D eigenvalue weighted by Crippen LogP contribution is -2.30. The van der Waals surface area contributed by atoms with Gasteiger partial charge in [0, 0.05) is 6.61 Å². The van der Waals surface area contributed by atoms with Crippen LogP contribution >= 0.6 is 0 Å². The Kier molecular flexibility index (Phi) is 4.72. The Hall–Kier alpha value is -1.19. The zero-order chi connectivity index (χ0) is 13.7. The SMILES string of the molecule is O=c1[nH]c(CNS(=O)(=O)CCC2CCCCO2)no1. The average molecular weight is 291 g/mol. The van der Waals surface area contributed by atoms with Gasteiger partial charge in [-0.1, -0.05) is 5.16 Å². The lowest BCUT2D eigenvalue weighted by molar-refractivity contribution is 0.0147. The minimum Gasteiger partial charge on any atom is -0.378 e. The summed E-state index contributed by atoms with van der Waals surface area (Å²) in [6.45, 7) is 0.623. The van der Waals surface area contributed by atoms with Crippen LogP contribution in [0, 0.1) is 0 Å². The van der Waals surface area contributed by atoms with E-state index in [0.717, 1.165) is 19.3 Å². The van der Waals surface area contributed by atoms with E-state index in [1.807, 2.05) is 0 Å². The fraction of sp³-hybridized carbons (Fsp3) is 0.800. The summed E-state index contributed by atoms with van der Waals surface area (Å²) < 4.78 is 35.6. The van der Waals surface area contributed by atoms with Crippen LogP contribution in [0.2, 0.25) is 0 Å². The molecule has 1 aromatic rings. The lowest BCUT2D eigenvalue weighted by Gasteiger charge is -2.22. The number of rotatable bonds is 6. The summed E-state index contributed by atoms with van der Waals surface area (Å²) in [6.07, 6.45) is 3.54. The van der Waals surface area contributed by atoms with E-state index in [9.17, 15) is 13.2 Å². The van der Waals surface area contributed by atoms with Gasteiger partial charge in [-0.2, -0.15) is 0 Å². The molecular weight excluding hydrogens is 274 g/mol. The summed E-state index contributed by atoms with van der Waals surface area (Å²) >= 11 is 0. The molecule has 0 saturated carbocycles. The molecule has 19 heavy (non-hydrogen) atoms. The van der Waals surface area contributed by atoms with Gasteiger partial charge in [-0.15, -0.1) is 0 Å². The van der Waals surface area contributed by atoms with Gasteiger partial charge < -0.3 is 4.74 Å². The smallest absolute Gasteiger partial charge is 0.378 e. The van der Waals surface area contributed by atoms with Crippen LogP contribution in [0.4, 0.5) is 0 Å². The number of H-pyrrole nitrogens is 1. The molecule has 2 heterocycles. The molecule has 1 aromatic heterocycles. The fourth-order valence-corrected chi connectivity index (χ4v) is 2.98. The van der Waals surface area contributed by atoms with E-state index in [4.69, 9.17) is 4.74 Å². The topological polar surface area (TPSA) is 114 Å². The second kappa shape index (κ2) is 6.31. The van der Waals surface area contributed by atoms with Crippen molar-refractivity contribution >= 4 is 10.0 Å². The molecule has 0 bridgehead atoms. The molecule has 0 aliphatic carbocycles. The molecule has 8 nitrogen and oxygen atoms in total. The van der Waals surface area contributed by atoms with E-state index < -0.39 is 15.8 Å². The van der Waals surface area contributed by atoms with Gasteiger partial charge in [-0.05, 0) is 25.7 Å². The monoisotopic (exact) mass is 291 g/mol. The molecule has 0 amide bonds. The molecule has 0 spiro atoms. The van der Waals surface area contributed by atoms with Crippen molar-refractivity contribution in [3.63, 3.8) is 0 Å². The second-order valence-corrected chi connectivity index (χ2v) is 6.39. The van der Waals surface area contributed by atoms with Gasteiger partial charge in [0.15, 0.2) is 5.82 Å². The van der Waals surface area contributed by atoms with Gasteiger partial charge >= 0.3 is 5.76 Å². The Balaban J connectivity index is 1.76. The van der Waals surface area contributed by atoms with E-state index in [2.05, 4.69) is 19.4 Å². The van der Waals surface area contributed by atoms with Crippen LogP contribution in [0.5, 0.6) is 0 Å². The van der Waals surface area contributed by atoms with Crippen molar-refractivity contribution in [2.75, 3.05) is 12.4 Å². The van der Waals surface area contributed by atoms with E-state index in [0.29, 0.717) is 13.0 Å². The van der Waals surface area contributed by atoms with E-state index in [1.54, 1.807) is 0 Å². The Labute approximate surface area is 110 Å². The van der Waals surface area contributed by atoms with Gasteiger partial charge in [0.2, 0.25) is 10.0 Å². The summed E-state index contributed by atoms with van der Waals surface area (Å²) in [4.78, 5) is 12.9. The Morgan fingerprint density at radius 3 is 2.89 bits per heavy atom. The number of nitrogens with zero attached hydrogens (tertiary/aromatic N) is 1. The van der Waals surface area contributed by atoms with Gasteiger partial charge in [0.25, 0.3) is 0 Å². The molecule has 108 valence electrons. The minimum absolute atomic E-state index is 0.000248. The molecule has 1 atom stereocenters. The highest BCUT2D eigenvalue weighted by Gasteiger charge is 2.18. The lowest BCUT2D eigenvalue weighted by atomic mass is 10.1. The average Bonchev–Trinajstić information content (AvgIpc) is 2.82. The first-order valence-electron chi connectivity index (χ1n) is 6.19. The normalized spacial score (nSPS) is 20.5. The molecule has 0 aromatic carbocycles. The molecule has 1 fully saturated rings. The van der Waals surface area contributed by atoms with Crippen LogP contribution < -0.4 is 10.5 Å².